The molecule has 2 bridgehead atoms. The fraction of sp³-hybridized carbons (Fsp3) is 0.333. The molecule has 0 saturated carbocycles. The summed E-state index contributed by atoms with van der Waals surface area (Å²) in [5.41, 5.74) is 0.939. The minimum absolute atomic E-state index is 0.0993. The van der Waals surface area contributed by atoms with Crippen LogP contribution >= 0.6 is 0 Å². The first kappa shape index (κ1) is 20.7. The predicted molar refractivity (Wildman–Crippen MR) is 113 cm³/mol. The lowest BCUT2D eigenvalue weighted by molar-refractivity contribution is 0.102. The van der Waals surface area contributed by atoms with Gasteiger partial charge < -0.3 is 24.7 Å². The van der Waals surface area contributed by atoms with Crippen molar-refractivity contribution >= 4 is 17.4 Å². The molecule has 0 atom stereocenters. The van der Waals surface area contributed by atoms with Crippen molar-refractivity contribution < 1.29 is 18.7 Å². The third-order valence-corrected chi connectivity index (χ3v) is 4.82. The van der Waals surface area contributed by atoms with Crippen LogP contribution in [0, 0.1) is 5.82 Å². The Balaban J connectivity index is 1.67. The SMILES string of the molecule is COCCNc1cc2c(cc1F)C(=O)Nc1cccc(n1)-c1nncn1CCCCO2. The highest BCUT2D eigenvalue weighted by Gasteiger charge is 2.19. The summed E-state index contributed by atoms with van der Waals surface area (Å²) in [6, 6.07) is 7.91. The number of carbonyl (C=O) groups is 1. The Morgan fingerprint density at radius 2 is 2.23 bits per heavy atom. The number of hydrogen-bond acceptors (Lipinski definition) is 7. The van der Waals surface area contributed by atoms with E-state index in [-0.39, 0.29) is 11.3 Å². The van der Waals surface area contributed by atoms with Gasteiger partial charge in [-0.2, -0.15) is 0 Å². The third-order valence-electron chi connectivity index (χ3n) is 4.82. The molecule has 9 nitrogen and oxygen atoms in total. The van der Waals surface area contributed by atoms with Crippen LogP contribution in [0.25, 0.3) is 11.5 Å². The fourth-order valence-electron chi connectivity index (χ4n) is 3.27. The minimum atomic E-state index is -0.551. The second-order valence-corrected chi connectivity index (χ2v) is 7.01. The monoisotopic (exact) mass is 426 g/mol. The molecule has 4 rings (SSSR count). The molecule has 1 aliphatic heterocycles. The Morgan fingerprint density at radius 3 is 3.10 bits per heavy atom. The molecule has 0 fully saturated rings. The van der Waals surface area contributed by atoms with Crippen molar-refractivity contribution in [2.75, 3.05) is 37.5 Å². The largest absolute Gasteiger partial charge is 0.493 e. The number of pyridine rings is 1. The van der Waals surface area contributed by atoms with Crippen molar-refractivity contribution in [2.24, 2.45) is 0 Å². The molecule has 0 spiro atoms. The number of amides is 1. The highest BCUT2D eigenvalue weighted by atomic mass is 19.1. The van der Waals surface area contributed by atoms with Crippen LogP contribution < -0.4 is 15.4 Å². The van der Waals surface area contributed by atoms with Crippen LogP contribution in [-0.2, 0) is 11.3 Å². The zero-order chi connectivity index (χ0) is 21.6. The van der Waals surface area contributed by atoms with E-state index in [1.54, 1.807) is 31.6 Å². The normalized spacial score (nSPS) is 13.9. The van der Waals surface area contributed by atoms with E-state index in [9.17, 15) is 9.18 Å². The van der Waals surface area contributed by atoms with Gasteiger partial charge in [0.2, 0.25) is 0 Å². The summed E-state index contributed by atoms with van der Waals surface area (Å²) in [6.45, 7) is 1.93. The van der Waals surface area contributed by atoms with E-state index in [0.717, 1.165) is 12.8 Å². The number of ether oxygens (including phenoxy) is 2. The number of nitrogens with one attached hydrogen (secondary N) is 2. The number of nitrogens with zero attached hydrogens (tertiary/aromatic N) is 4. The lowest BCUT2D eigenvalue weighted by atomic mass is 10.1. The van der Waals surface area contributed by atoms with Crippen LogP contribution in [0.3, 0.4) is 0 Å². The predicted octanol–water partition coefficient (Wildman–Crippen LogP) is 2.96. The Morgan fingerprint density at radius 1 is 1.32 bits per heavy atom. The molecule has 162 valence electrons. The molecule has 2 aromatic heterocycles. The smallest absolute Gasteiger partial charge is 0.260 e. The molecule has 1 aromatic carbocycles. The van der Waals surface area contributed by atoms with E-state index in [2.05, 4.69) is 25.8 Å². The number of aryl methyl sites for hydroxylation is 1. The molecule has 3 heterocycles. The molecular weight excluding hydrogens is 403 g/mol. The van der Waals surface area contributed by atoms with Crippen LogP contribution in [0.15, 0.2) is 36.7 Å². The molecule has 10 heteroatoms. The number of anilines is 2. The molecule has 1 amide bonds. The van der Waals surface area contributed by atoms with E-state index >= 15 is 0 Å². The number of carbonyl (C=O) groups excluding carboxylic acids is 1. The number of fused-ring (bicyclic) bond motifs is 5. The second-order valence-electron chi connectivity index (χ2n) is 7.01. The van der Waals surface area contributed by atoms with E-state index in [1.165, 1.54) is 12.1 Å². The molecule has 1 aliphatic rings. The van der Waals surface area contributed by atoms with Crippen LogP contribution in [0.2, 0.25) is 0 Å². The number of benzene rings is 1. The van der Waals surface area contributed by atoms with Gasteiger partial charge in [-0.1, -0.05) is 6.07 Å². The van der Waals surface area contributed by atoms with Gasteiger partial charge in [-0.05, 0) is 31.0 Å². The first-order chi connectivity index (χ1) is 15.2. The van der Waals surface area contributed by atoms with Crippen molar-refractivity contribution in [3.05, 3.63) is 48.0 Å². The molecule has 0 saturated heterocycles. The molecule has 2 N–H and O–H groups in total. The maximum absolute atomic E-state index is 14.6. The number of halogens is 1. The third kappa shape index (κ3) is 4.80. The first-order valence-electron chi connectivity index (χ1n) is 10.0. The van der Waals surface area contributed by atoms with Gasteiger partial charge in [0.15, 0.2) is 5.82 Å². The number of aromatic nitrogens is 4. The minimum Gasteiger partial charge on any atom is -0.493 e. The molecule has 3 aromatic rings. The topological polar surface area (TPSA) is 103 Å². The second kappa shape index (κ2) is 9.52. The summed E-state index contributed by atoms with van der Waals surface area (Å²) in [5.74, 6) is 0.178. The summed E-state index contributed by atoms with van der Waals surface area (Å²) in [5, 5.41) is 13.8. The Labute approximate surface area is 178 Å². The van der Waals surface area contributed by atoms with E-state index in [1.807, 2.05) is 4.57 Å². The number of methoxy groups -OCH3 is 1. The number of hydrogen-bond donors (Lipinski definition) is 2. The molecule has 0 radical (unpaired) electrons. The average molecular weight is 426 g/mol. The van der Waals surface area contributed by atoms with Gasteiger partial charge in [-0.25, -0.2) is 9.37 Å². The van der Waals surface area contributed by atoms with Crippen molar-refractivity contribution in [1.29, 1.82) is 0 Å². The van der Waals surface area contributed by atoms with Gasteiger partial charge in [0.1, 0.15) is 29.4 Å². The van der Waals surface area contributed by atoms with Gasteiger partial charge in [0.25, 0.3) is 5.91 Å². The Kier molecular flexibility index (Phi) is 6.37. The number of rotatable bonds is 4. The fourth-order valence-corrected chi connectivity index (χ4v) is 3.27. The summed E-state index contributed by atoms with van der Waals surface area (Å²) in [7, 11) is 1.57. The van der Waals surface area contributed by atoms with Gasteiger partial charge in [-0.15, -0.1) is 10.2 Å². The lowest BCUT2D eigenvalue weighted by Crippen LogP contribution is -2.17. The van der Waals surface area contributed by atoms with Crippen molar-refractivity contribution in [2.45, 2.75) is 19.4 Å². The van der Waals surface area contributed by atoms with Crippen LogP contribution in [0.5, 0.6) is 5.75 Å². The Hall–Kier alpha value is -3.53. The van der Waals surface area contributed by atoms with Gasteiger partial charge in [0.05, 0.1) is 24.5 Å². The van der Waals surface area contributed by atoms with Gasteiger partial charge in [0, 0.05) is 26.3 Å². The zero-order valence-corrected chi connectivity index (χ0v) is 17.1. The summed E-state index contributed by atoms with van der Waals surface area (Å²) >= 11 is 0. The maximum Gasteiger partial charge on any atom is 0.260 e. The van der Waals surface area contributed by atoms with Gasteiger partial charge in [-0.3, -0.25) is 4.79 Å². The molecular formula is C21H23FN6O3. The standard InChI is InChI=1S/C21H23FN6O3/c1-30-10-7-23-17-12-18-14(11-15(17)22)21(29)26-19-6-4-5-16(25-19)20-27-24-13-28(20)8-2-3-9-31-18/h4-6,11-13,23H,2-3,7-10H2,1H3,(H,25,26,29). The quantitative estimate of drug-likeness (QED) is 0.618. The van der Waals surface area contributed by atoms with Crippen LogP contribution in [-0.4, -0.2) is 52.5 Å². The highest BCUT2D eigenvalue weighted by Crippen LogP contribution is 2.28. The van der Waals surface area contributed by atoms with Crippen molar-refractivity contribution in [1.82, 2.24) is 19.7 Å². The zero-order valence-electron chi connectivity index (χ0n) is 17.1. The average Bonchev–Trinajstić information content (AvgIpc) is 3.23. The lowest BCUT2D eigenvalue weighted by Gasteiger charge is -2.16. The van der Waals surface area contributed by atoms with Crippen molar-refractivity contribution in [3.8, 4) is 17.3 Å². The van der Waals surface area contributed by atoms with E-state index in [0.29, 0.717) is 49.4 Å². The van der Waals surface area contributed by atoms with Crippen molar-refractivity contribution in [3.63, 3.8) is 0 Å². The maximum atomic E-state index is 14.6. The van der Waals surface area contributed by atoms with Gasteiger partial charge >= 0.3 is 0 Å². The van der Waals surface area contributed by atoms with Crippen LogP contribution in [0.1, 0.15) is 23.2 Å². The summed E-state index contributed by atoms with van der Waals surface area (Å²) < 4.78 is 27.4. The van der Waals surface area contributed by atoms with E-state index < -0.39 is 11.7 Å². The van der Waals surface area contributed by atoms with Crippen LogP contribution in [0.4, 0.5) is 15.9 Å². The molecule has 0 aliphatic carbocycles. The highest BCUT2D eigenvalue weighted by molar-refractivity contribution is 6.06. The van der Waals surface area contributed by atoms with E-state index in [4.69, 9.17) is 9.47 Å². The summed E-state index contributed by atoms with van der Waals surface area (Å²) in [6.07, 6.45) is 3.20. The molecule has 31 heavy (non-hydrogen) atoms. The first-order valence-corrected chi connectivity index (χ1v) is 10.0. The molecule has 0 unspecified atom stereocenters. The Bertz CT molecular complexity index is 1070. The summed E-state index contributed by atoms with van der Waals surface area (Å²) in [4.78, 5) is 17.4.